The van der Waals surface area contributed by atoms with Crippen LogP contribution in [0.3, 0.4) is 0 Å². The lowest BCUT2D eigenvalue weighted by Crippen LogP contribution is -2.66. The molecule has 0 radical (unpaired) electrons. The van der Waals surface area contributed by atoms with E-state index in [-0.39, 0.29) is 77.4 Å². The van der Waals surface area contributed by atoms with Crippen molar-refractivity contribution in [3.63, 3.8) is 0 Å². The number of nitrogens with two attached hydrogens (primary N) is 1. The lowest BCUT2D eigenvalue weighted by Gasteiger charge is -2.60. The molecule has 13 heteroatoms. The number of dihydropyridines is 2. The number of allylic oxidation sites excluding steroid dienone is 8. The Labute approximate surface area is 455 Å². The minimum atomic E-state index is -2.26. The van der Waals surface area contributed by atoms with Gasteiger partial charge in [-0.1, -0.05) is 80.8 Å². The van der Waals surface area contributed by atoms with Crippen LogP contribution in [0.15, 0.2) is 99.6 Å². The maximum absolute atomic E-state index is 16.3. The lowest BCUT2D eigenvalue weighted by molar-refractivity contribution is -0.180. The van der Waals surface area contributed by atoms with Gasteiger partial charge >= 0.3 is 5.97 Å². The fourth-order valence-electron chi connectivity index (χ4n) is 18.3. The SMILES string of the molecule is CCNC12C=C3C=CCC4CCCCC5(C)CC6=CNC(N)C(=C6)CCC6CC(O)CC(C6C1)C(OC(=O)C16OC1(CC(CO)=C(C)CC1CCC7CC(NC)NC8=C7C1=CCN8)C(=O)c1cccc(c1C6=O)C5)C2CC34. The Morgan fingerprint density at radius 1 is 1.00 bits per heavy atom. The Kier molecular flexibility index (Phi) is 13.2. The fraction of sp³-hybridized carbons (Fsp3) is 0.641. The monoisotopic (exact) mass is 1050 g/mol. The van der Waals surface area contributed by atoms with Gasteiger partial charge in [0.1, 0.15) is 11.9 Å². The Balaban J connectivity index is 0.956. The molecule has 4 fully saturated rings. The second-order valence-electron chi connectivity index (χ2n) is 26.4. The van der Waals surface area contributed by atoms with Gasteiger partial charge in [-0.2, -0.15) is 0 Å². The van der Waals surface area contributed by atoms with Crippen molar-refractivity contribution in [1.29, 1.82) is 0 Å². The zero-order valence-electron chi connectivity index (χ0n) is 46.0. The van der Waals surface area contributed by atoms with Crippen molar-refractivity contribution < 1.29 is 34.1 Å². The van der Waals surface area contributed by atoms with Crippen LogP contribution in [0.5, 0.6) is 0 Å². The maximum Gasteiger partial charge on any atom is 0.350 e. The van der Waals surface area contributed by atoms with Gasteiger partial charge in [0, 0.05) is 47.7 Å². The number of carbonyl (C=O) groups excluding carboxylic acids is 3. The quantitative estimate of drug-likeness (QED) is 0.0544. The second-order valence-corrected chi connectivity index (χ2v) is 26.4. The highest BCUT2D eigenvalue weighted by atomic mass is 16.7. The number of hydrogen-bond donors (Lipinski definition) is 8. The maximum atomic E-state index is 16.3. The van der Waals surface area contributed by atoms with E-state index in [0.29, 0.717) is 49.6 Å². The van der Waals surface area contributed by atoms with Crippen LogP contribution < -0.4 is 32.3 Å². The fourth-order valence-corrected chi connectivity index (χ4v) is 18.3. The summed E-state index contributed by atoms with van der Waals surface area (Å²) in [6, 6.07) is 5.62. The molecule has 1 saturated heterocycles. The summed E-state index contributed by atoms with van der Waals surface area (Å²) in [5.74, 6) is 0.548. The van der Waals surface area contributed by atoms with E-state index in [1.54, 1.807) is 6.07 Å². The standard InChI is InChI=1S/C64H84N6O7/c1-5-69-62-30-42-12-8-11-37-10-6-7-20-61(3)28-36-23-41(58(65)68-33-36)18-16-39-24-45(72)26-49(50(39)32-62)55(51(62)27-48(37)42)76-60(75)64-57(74)53-43(29-61)13-9-14-47(53)56(73)63(64,77-64)31-44(34-71)35(2)22-38-15-17-40-25-52(66-4)70-59-54(40)46(38)19-21-67-59/h8-9,12-14,19,23,30,33,37-40,45,48-52,55,58,66-72H,5-7,10-11,15-18,20-22,24-29,31-32,34,65H2,1-4H3. The number of epoxide rings is 1. The number of nitrogens with one attached hydrogen (secondary N) is 5. The van der Waals surface area contributed by atoms with E-state index in [1.807, 2.05) is 26.1 Å². The van der Waals surface area contributed by atoms with Crippen molar-refractivity contribution in [3.8, 4) is 0 Å². The molecule has 6 aliphatic carbocycles. The first-order valence-electron chi connectivity index (χ1n) is 30.0. The molecule has 77 heavy (non-hydrogen) atoms. The van der Waals surface area contributed by atoms with Gasteiger partial charge in [0.2, 0.25) is 5.78 Å². The van der Waals surface area contributed by atoms with Gasteiger partial charge in [0.15, 0.2) is 11.4 Å². The lowest BCUT2D eigenvalue weighted by atomic mass is 9.50. The van der Waals surface area contributed by atoms with Gasteiger partial charge in [-0.15, -0.1) is 0 Å². The minimum absolute atomic E-state index is 0.0759. The predicted octanol–water partition coefficient (Wildman–Crippen LogP) is 7.78. The average Bonchev–Trinajstić information content (AvgIpc) is 3.94. The molecule has 0 amide bonds. The minimum Gasteiger partial charge on any atom is -0.459 e. The van der Waals surface area contributed by atoms with Crippen molar-refractivity contribution in [1.82, 2.24) is 26.6 Å². The largest absolute Gasteiger partial charge is 0.459 e. The Morgan fingerprint density at radius 3 is 2.70 bits per heavy atom. The first kappa shape index (κ1) is 51.8. The van der Waals surface area contributed by atoms with Gasteiger partial charge in [0.25, 0.3) is 5.60 Å². The predicted molar refractivity (Wildman–Crippen MR) is 296 cm³/mol. The van der Waals surface area contributed by atoms with E-state index in [0.717, 1.165) is 118 Å². The molecule has 16 atom stereocenters. The molecule has 6 aliphatic heterocycles. The molecule has 11 bridgehead atoms. The van der Waals surface area contributed by atoms with Crippen LogP contribution in [0.1, 0.15) is 156 Å². The summed E-state index contributed by atoms with van der Waals surface area (Å²) in [5, 5.41) is 41.8. The number of aliphatic hydroxyl groups is 2. The Morgan fingerprint density at radius 2 is 1.87 bits per heavy atom. The highest BCUT2D eigenvalue weighted by Crippen LogP contribution is 2.63. The van der Waals surface area contributed by atoms with Crippen LogP contribution in [-0.4, -0.2) is 95.8 Å². The number of aliphatic hydroxyl groups excluding tert-OH is 2. The van der Waals surface area contributed by atoms with Crippen LogP contribution in [0.2, 0.25) is 0 Å². The van der Waals surface area contributed by atoms with Gasteiger partial charge in [-0.3, -0.25) is 9.59 Å². The zero-order chi connectivity index (χ0) is 53.2. The number of hydrogen-bond acceptors (Lipinski definition) is 13. The molecule has 1 aromatic rings. The molecule has 6 heterocycles. The van der Waals surface area contributed by atoms with Gasteiger partial charge < -0.3 is 52.0 Å². The van der Waals surface area contributed by atoms with E-state index in [9.17, 15) is 10.2 Å². The first-order valence-corrected chi connectivity index (χ1v) is 30.0. The molecular formula is C64H84N6O7. The number of carbonyl (C=O) groups is 3. The van der Waals surface area contributed by atoms with Crippen molar-refractivity contribution in [2.75, 3.05) is 26.7 Å². The molecule has 12 aliphatic rings. The summed E-state index contributed by atoms with van der Waals surface area (Å²) in [4.78, 5) is 48.6. The molecule has 0 aromatic heterocycles. The third-order valence-electron chi connectivity index (χ3n) is 22.0. The number of benzene rings is 1. The normalized spacial score (nSPS) is 41.9. The molecule has 412 valence electrons. The topological polar surface area (TPSA) is 200 Å². The van der Waals surface area contributed by atoms with Crippen LogP contribution in [0.4, 0.5) is 0 Å². The van der Waals surface area contributed by atoms with Crippen LogP contribution >= 0.6 is 0 Å². The van der Waals surface area contributed by atoms with E-state index < -0.39 is 46.5 Å². The third kappa shape index (κ3) is 8.39. The highest BCUT2D eigenvalue weighted by molar-refractivity contribution is 6.33. The molecule has 13 rings (SSSR count). The van der Waals surface area contributed by atoms with E-state index >= 15 is 14.4 Å². The van der Waals surface area contributed by atoms with E-state index in [4.69, 9.17) is 15.2 Å². The van der Waals surface area contributed by atoms with Crippen LogP contribution in [0, 0.1) is 52.8 Å². The van der Waals surface area contributed by atoms with E-state index in [1.165, 1.54) is 16.7 Å². The van der Waals surface area contributed by atoms with Gasteiger partial charge in [-0.25, -0.2) is 4.79 Å². The van der Waals surface area contributed by atoms with Gasteiger partial charge in [0.05, 0.1) is 25.0 Å². The molecule has 3 saturated carbocycles. The molecule has 1 aromatic carbocycles. The third-order valence-corrected chi connectivity index (χ3v) is 22.0. The van der Waals surface area contributed by atoms with Crippen molar-refractivity contribution in [3.05, 3.63) is 116 Å². The molecule has 9 N–H and O–H groups in total. The number of fused-ring (bicyclic) bond motifs is 3. The smallest absolute Gasteiger partial charge is 0.350 e. The molecule has 1 spiro atoms. The summed E-state index contributed by atoms with van der Waals surface area (Å²) in [6.45, 7) is 7.62. The summed E-state index contributed by atoms with van der Waals surface area (Å²) < 4.78 is 14.2. The summed E-state index contributed by atoms with van der Waals surface area (Å²) >= 11 is 0. The van der Waals surface area contributed by atoms with Crippen molar-refractivity contribution in [2.24, 2.45) is 58.5 Å². The van der Waals surface area contributed by atoms with E-state index in [2.05, 4.69) is 77.0 Å². The number of ketones is 2. The number of esters is 1. The molecular weight excluding hydrogens is 965 g/mol. The van der Waals surface area contributed by atoms with Crippen LogP contribution in [-0.2, 0) is 20.7 Å². The first-order chi connectivity index (χ1) is 37.2. The summed E-state index contributed by atoms with van der Waals surface area (Å²) in [7, 11) is 2.00. The second kappa shape index (κ2) is 19.6. The summed E-state index contributed by atoms with van der Waals surface area (Å²) in [6.07, 6.45) is 26.9. The average molecular weight is 1050 g/mol. The Hall–Kier alpha value is -4.63. The van der Waals surface area contributed by atoms with Crippen molar-refractivity contribution in [2.45, 2.75) is 178 Å². The van der Waals surface area contributed by atoms with Crippen molar-refractivity contribution >= 4 is 17.5 Å². The van der Waals surface area contributed by atoms with Gasteiger partial charge in [-0.05, 0) is 197 Å². The molecule has 16 unspecified atom stereocenters. The summed E-state index contributed by atoms with van der Waals surface area (Å²) in [5.41, 5.74) is 11.1. The number of ether oxygens (including phenoxy) is 2. The van der Waals surface area contributed by atoms with Crippen LogP contribution in [0.25, 0.3) is 0 Å². The number of Topliss-reactive ketones (excluding diaryl/α,β-unsaturated/α-hetero) is 2. The molecule has 13 nitrogen and oxygen atoms in total. The zero-order valence-corrected chi connectivity index (χ0v) is 46.0. The number of likely N-dealkylation sites (N-methyl/N-ethyl adjacent to an activating group) is 1. The Bertz CT molecular complexity index is 2860. The number of rotatable bonds is 8. The highest BCUT2D eigenvalue weighted by Gasteiger charge is 2.86.